The van der Waals surface area contributed by atoms with E-state index in [0.717, 1.165) is 16.8 Å². The molecule has 1 aliphatic heterocycles. The predicted octanol–water partition coefficient (Wildman–Crippen LogP) is 3.31. The van der Waals surface area contributed by atoms with Crippen molar-refractivity contribution in [3.63, 3.8) is 0 Å². The summed E-state index contributed by atoms with van der Waals surface area (Å²) in [7, 11) is -3.82. The normalized spacial score (nSPS) is 18.5. The molecule has 1 N–H and O–H groups in total. The number of benzene rings is 2. The van der Waals surface area contributed by atoms with Crippen molar-refractivity contribution in [1.29, 1.82) is 0 Å². The first-order valence-corrected chi connectivity index (χ1v) is 13.8. The van der Waals surface area contributed by atoms with E-state index in [-0.39, 0.29) is 42.3 Å². The summed E-state index contributed by atoms with van der Waals surface area (Å²) in [6.07, 6.45) is 1.74. The van der Waals surface area contributed by atoms with Crippen LogP contribution in [0.1, 0.15) is 26.3 Å². The lowest BCUT2D eigenvalue weighted by molar-refractivity contribution is -0.148. The highest BCUT2D eigenvalue weighted by atomic mass is 32.2. The Balaban J connectivity index is 1.52. The van der Waals surface area contributed by atoms with Crippen LogP contribution in [0.4, 0.5) is 0 Å². The Labute approximate surface area is 218 Å². The lowest BCUT2D eigenvalue weighted by Gasteiger charge is -2.44. The standard InChI is InChI=1S/C28H32N4O4S/c1-20(2)28(34)32-21(3)18-31(37(35,36)24-9-5-4-6-10-24)19-26(32)27(33)30-17-22-12-14-23(15-13-22)25-11-7-8-16-29-25/h4-16,20-21,26H,17-19H2,1-3H3,(H,30,33)/t21-,26-/m1/s1. The van der Waals surface area contributed by atoms with Gasteiger partial charge in [0.15, 0.2) is 0 Å². The molecule has 2 aromatic carbocycles. The van der Waals surface area contributed by atoms with E-state index in [2.05, 4.69) is 10.3 Å². The molecule has 1 aromatic heterocycles. The lowest BCUT2D eigenvalue weighted by Crippen LogP contribution is -2.65. The number of sulfonamides is 1. The van der Waals surface area contributed by atoms with Crippen LogP contribution in [0.15, 0.2) is 83.9 Å². The van der Waals surface area contributed by atoms with Gasteiger partial charge >= 0.3 is 0 Å². The molecule has 1 aliphatic rings. The van der Waals surface area contributed by atoms with Crippen molar-refractivity contribution < 1.29 is 18.0 Å². The minimum Gasteiger partial charge on any atom is -0.350 e. The third-order valence-electron chi connectivity index (χ3n) is 6.47. The maximum atomic E-state index is 13.4. The molecule has 2 amide bonds. The van der Waals surface area contributed by atoms with Crippen LogP contribution in [0.5, 0.6) is 0 Å². The van der Waals surface area contributed by atoms with Crippen molar-refractivity contribution >= 4 is 21.8 Å². The molecule has 4 rings (SSSR count). The van der Waals surface area contributed by atoms with Crippen LogP contribution in [0.25, 0.3) is 11.3 Å². The number of piperazine rings is 1. The molecular formula is C28H32N4O4S. The molecule has 3 aromatic rings. The summed E-state index contributed by atoms with van der Waals surface area (Å²) in [4.78, 5) is 32.5. The number of carbonyl (C=O) groups is 2. The minimum absolute atomic E-state index is 0.107. The molecule has 1 saturated heterocycles. The van der Waals surface area contributed by atoms with Gasteiger partial charge in [-0.15, -0.1) is 0 Å². The quantitative estimate of drug-likeness (QED) is 0.515. The average molecular weight is 521 g/mol. The fourth-order valence-electron chi connectivity index (χ4n) is 4.50. The number of nitrogens with zero attached hydrogens (tertiary/aromatic N) is 3. The molecule has 8 nitrogen and oxygen atoms in total. The molecule has 2 heterocycles. The predicted molar refractivity (Wildman–Crippen MR) is 142 cm³/mol. The minimum atomic E-state index is -3.82. The zero-order chi connectivity index (χ0) is 26.6. The van der Waals surface area contributed by atoms with E-state index in [1.807, 2.05) is 42.5 Å². The van der Waals surface area contributed by atoms with E-state index in [4.69, 9.17) is 0 Å². The van der Waals surface area contributed by atoms with E-state index in [9.17, 15) is 18.0 Å². The van der Waals surface area contributed by atoms with Crippen LogP contribution in [0.2, 0.25) is 0 Å². The largest absolute Gasteiger partial charge is 0.350 e. The van der Waals surface area contributed by atoms with E-state index in [1.165, 1.54) is 16.4 Å². The Bertz CT molecular complexity index is 1330. The van der Waals surface area contributed by atoms with Crippen LogP contribution in [-0.4, -0.2) is 59.6 Å². The van der Waals surface area contributed by atoms with Gasteiger partial charge in [-0.3, -0.25) is 14.6 Å². The number of hydrogen-bond acceptors (Lipinski definition) is 5. The van der Waals surface area contributed by atoms with Crippen molar-refractivity contribution in [3.05, 3.63) is 84.6 Å². The first kappa shape index (κ1) is 26.5. The molecule has 9 heteroatoms. The highest BCUT2D eigenvalue weighted by molar-refractivity contribution is 7.89. The van der Waals surface area contributed by atoms with Gasteiger partial charge in [0.25, 0.3) is 0 Å². The van der Waals surface area contributed by atoms with Gasteiger partial charge in [-0.25, -0.2) is 8.42 Å². The highest BCUT2D eigenvalue weighted by Crippen LogP contribution is 2.25. The summed E-state index contributed by atoms with van der Waals surface area (Å²) in [5.74, 6) is -0.888. The van der Waals surface area contributed by atoms with Gasteiger partial charge in [0.05, 0.1) is 10.6 Å². The molecule has 0 spiro atoms. The van der Waals surface area contributed by atoms with E-state index in [1.54, 1.807) is 50.1 Å². The monoisotopic (exact) mass is 520 g/mol. The summed E-state index contributed by atoms with van der Waals surface area (Å²) >= 11 is 0. The Morgan fingerprint density at radius 1 is 0.973 bits per heavy atom. The second-order valence-corrected chi connectivity index (χ2v) is 11.5. The number of hydrogen-bond donors (Lipinski definition) is 1. The average Bonchev–Trinajstić information content (AvgIpc) is 2.92. The maximum Gasteiger partial charge on any atom is 0.244 e. The summed E-state index contributed by atoms with van der Waals surface area (Å²) in [5.41, 5.74) is 2.71. The van der Waals surface area contributed by atoms with Gasteiger partial charge in [0, 0.05) is 43.4 Å². The Morgan fingerprint density at radius 2 is 1.65 bits per heavy atom. The maximum absolute atomic E-state index is 13.4. The SMILES string of the molecule is CC(C)C(=O)N1[C@H](C)CN(S(=O)(=O)c2ccccc2)C[C@@H]1C(=O)NCc1ccc(-c2ccccn2)cc1. The number of carbonyl (C=O) groups excluding carboxylic acids is 2. The molecule has 0 radical (unpaired) electrons. The highest BCUT2D eigenvalue weighted by Gasteiger charge is 2.43. The van der Waals surface area contributed by atoms with Crippen LogP contribution in [-0.2, 0) is 26.2 Å². The van der Waals surface area contributed by atoms with Gasteiger partial charge in [0.1, 0.15) is 6.04 Å². The van der Waals surface area contributed by atoms with Crippen LogP contribution in [0.3, 0.4) is 0 Å². The lowest BCUT2D eigenvalue weighted by atomic mass is 10.0. The second kappa shape index (κ2) is 11.2. The van der Waals surface area contributed by atoms with E-state index in [0.29, 0.717) is 0 Å². The molecule has 0 aliphatic carbocycles. The third-order valence-corrected chi connectivity index (χ3v) is 8.31. The fraction of sp³-hybridized carbons (Fsp3) is 0.321. The van der Waals surface area contributed by atoms with Crippen molar-refractivity contribution in [3.8, 4) is 11.3 Å². The number of aromatic nitrogens is 1. The topological polar surface area (TPSA) is 99.7 Å². The van der Waals surface area contributed by atoms with E-state index >= 15 is 0 Å². The Hall–Kier alpha value is -3.56. The molecule has 0 saturated carbocycles. The smallest absolute Gasteiger partial charge is 0.244 e. The van der Waals surface area contributed by atoms with Crippen molar-refractivity contribution in [2.45, 2.75) is 44.3 Å². The molecule has 0 unspecified atom stereocenters. The molecule has 37 heavy (non-hydrogen) atoms. The molecule has 194 valence electrons. The van der Waals surface area contributed by atoms with Gasteiger partial charge in [-0.2, -0.15) is 4.31 Å². The fourth-order valence-corrected chi connectivity index (χ4v) is 6.04. The summed E-state index contributed by atoms with van der Waals surface area (Å²) in [6, 6.07) is 20.2. The summed E-state index contributed by atoms with van der Waals surface area (Å²) in [5, 5.41) is 2.91. The van der Waals surface area contributed by atoms with Gasteiger partial charge in [-0.05, 0) is 36.8 Å². The third kappa shape index (κ3) is 5.89. The van der Waals surface area contributed by atoms with Gasteiger partial charge < -0.3 is 10.2 Å². The van der Waals surface area contributed by atoms with Crippen LogP contribution >= 0.6 is 0 Å². The van der Waals surface area contributed by atoms with Crippen molar-refractivity contribution in [2.75, 3.05) is 13.1 Å². The Kier molecular flexibility index (Phi) is 8.04. The summed E-state index contributed by atoms with van der Waals surface area (Å²) in [6.45, 7) is 5.60. The zero-order valence-corrected chi connectivity index (χ0v) is 22.1. The van der Waals surface area contributed by atoms with Crippen molar-refractivity contribution in [2.24, 2.45) is 5.92 Å². The number of pyridine rings is 1. The van der Waals surface area contributed by atoms with Crippen LogP contribution < -0.4 is 5.32 Å². The molecule has 0 bridgehead atoms. The summed E-state index contributed by atoms with van der Waals surface area (Å²) < 4.78 is 28.0. The van der Waals surface area contributed by atoms with Crippen LogP contribution in [0, 0.1) is 5.92 Å². The van der Waals surface area contributed by atoms with Gasteiger partial charge in [-0.1, -0.05) is 62.4 Å². The second-order valence-electron chi connectivity index (χ2n) is 9.53. The first-order valence-electron chi connectivity index (χ1n) is 12.3. The molecular weight excluding hydrogens is 488 g/mol. The number of rotatable bonds is 7. The number of nitrogens with one attached hydrogen (secondary N) is 1. The molecule has 1 fully saturated rings. The first-order chi connectivity index (χ1) is 17.7. The van der Waals surface area contributed by atoms with Gasteiger partial charge in [0.2, 0.25) is 21.8 Å². The Morgan fingerprint density at radius 3 is 2.27 bits per heavy atom. The van der Waals surface area contributed by atoms with Crippen molar-refractivity contribution in [1.82, 2.24) is 19.5 Å². The molecule has 2 atom stereocenters. The van der Waals surface area contributed by atoms with E-state index < -0.39 is 22.1 Å². The zero-order valence-electron chi connectivity index (χ0n) is 21.2. The number of amides is 2.